The first-order valence-electron chi connectivity index (χ1n) is 8.89. The van der Waals surface area contributed by atoms with Crippen LogP contribution in [0.2, 0.25) is 0 Å². The summed E-state index contributed by atoms with van der Waals surface area (Å²) in [4.78, 5) is 12.2. The Morgan fingerprint density at radius 1 is 1.29 bits per heavy atom. The number of nitrogens with two attached hydrogens (primary N) is 1. The molecule has 1 aromatic carbocycles. The SMILES string of the molecule is CC(CCc1ccc(OC(C)C)cc1)NC(=O)[C@@H]1CC[C@H](CN)O1. The molecule has 1 saturated heterocycles. The van der Waals surface area contributed by atoms with Crippen LogP contribution in [0.4, 0.5) is 0 Å². The van der Waals surface area contributed by atoms with Crippen molar-refractivity contribution in [1.82, 2.24) is 5.32 Å². The second-order valence-corrected chi connectivity index (χ2v) is 6.82. The van der Waals surface area contributed by atoms with Crippen LogP contribution in [0, 0.1) is 0 Å². The van der Waals surface area contributed by atoms with E-state index in [1.165, 1.54) is 5.56 Å². The molecule has 0 spiro atoms. The third kappa shape index (κ3) is 5.80. The Morgan fingerprint density at radius 2 is 2.00 bits per heavy atom. The molecule has 0 aromatic heterocycles. The summed E-state index contributed by atoms with van der Waals surface area (Å²) in [5.41, 5.74) is 6.82. The molecule has 1 fully saturated rings. The molecule has 1 unspecified atom stereocenters. The van der Waals surface area contributed by atoms with Gasteiger partial charge in [-0.15, -0.1) is 0 Å². The van der Waals surface area contributed by atoms with Crippen molar-refractivity contribution < 1.29 is 14.3 Å². The Balaban J connectivity index is 1.72. The highest BCUT2D eigenvalue weighted by atomic mass is 16.5. The summed E-state index contributed by atoms with van der Waals surface area (Å²) in [6.07, 6.45) is 3.31. The number of carbonyl (C=O) groups is 1. The number of hydrogen-bond donors (Lipinski definition) is 2. The van der Waals surface area contributed by atoms with Gasteiger partial charge in [0.05, 0.1) is 12.2 Å². The Kier molecular flexibility index (Phi) is 7.06. The summed E-state index contributed by atoms with van der Waals surface area (Å²) < 4.78 is 11.3. The lowest BCUT2D eigenvalue weighted by atomic mass is 10.1. The van der Waals surface area contributed by atoms with Crippen molar-refractivity contribution in [3.05, 3.63) is 29.8 Å². The second-order valence-electron chi connectivity index (χ2n) is 6.82. The van der Waals surface area contributed by atoms with Gasteiger partial charge in [0.15, 0.2) is 0 Å². The van der Waals surface area contributed by atoms with Gasteiger partial charge in [0.25, 0.3) is 0 Å². The van der Waals surface area contributed by atoms with Crippen LogP contribution in [0.1, 0.15) is 45.6 Å². The van der Waals surface area contributed by atoms with Gasteiger partial charge in [0.1, 0.15) is 11.9 Å². The molecule has 1 aliphatic rings. The minimum absolute atomic E-state index is 0.0147. The fourth-order valence-electron chi connectivity index (χ4n) is 2.87. The van der Waals surface area contributed by atoms with Gasteiger partial charge in [-0.3, -0.25) is 4.79 Å². The van der Waals surface area contributed by atoms with E-state index >= 15 is 0 Å². The quantitative estimate of drug-likeness (QED) is 0.766. The third-order valence-electron chi connectivity index (χ3n) is 4.21. The van der Waals surface area contributed by atoms with Gasteiger partial charge in [-0.1, -0.05) is 12.1 Å². The lowest BCUT2D eigenvalue weighted by Crippen LogP contribution is -2.40. The smallest absolute Gasteiger partial charge is 0.249 e. The van der Waals surface area contributed by atoms with Crippen molar-refractivity contribution >= 4 is 5.91 Å². The predicted molar refractivity (Wildman–Crippen MR) is 95.1 cm³/mol. The van der Waals surface area contributed by atoms with Gasteiger partial charge in [-0.25, -0.2) is 0 Å². The highest BCUT2D eigenvalue weighted by molar-refractivity contribution is 5.81. The van der Waals surface area contributed by atoms with Crippen LogP contribution in [-0.4, -0.2) is 36.8 Å². The molecule has 1 heterocycles. The van der Waals surface area contributed by atoms with E-state index in [1.807, 2.05) is 32.9 Å². The summed E-state index contributed by atoms with van der Waals surface area (Å²) in [6, 6.07) is 8.27. The molecular formula is C19H30N2O3. The van der Waals surface area contributed by atoms with E-state index in [1.54, 1.807) is 0 Å². The van der Waals surface area contributed by atoms with Crippen LogP contribution in [0.5, 0.6) is 5.75 Å². The number of nitrogens with one attached hydrogen (secondary N) is 1. The van der Waals surface area contributed by atoms with Gasteiger partial charge in [-0.2, -0.15) is 0 Å². The highest BCUT2D eigenvalue weighted by Gasteiger charge is 2.30. The maximum absolute atomic E-state index is 12.2. The zero-order valence-electron chi connectivity index (χ0n) is 15.0. The third-order valence-corrected chi connectivity index (χ3v) is 4.21. The number of hydrogen-bond acceptors (Lipinski definition) is 4. The Hall–Kier alpha value is -1.59. The fraction of sp³-hybridized carbons (Fsp3) is 0.632. The number of aryl methyl sites for hydroxylation is 1. The van der Waals surface area contributed by atoms with Crippen molar-refractivity contribution in [3.63, 3.8) is 0 Å². The van der Waals surface area contributed by atoms with E-state index in [-0.39, 0.29) is 30.3 Å². The molecule has 0 saturated carbocycles. The summed E-state index contributed by atoms with van der Waals surface area (Å²) >= 11 is 0. The standard InChI is InChI=1S/C19H30N2O3/c1-13(2)23-16-8-6-15(7-9-16)5-4-14(3)21-19(22)18-11-10-17(12-20)24-18/h6-9,13-14,17-18H,4-5,10-12,20H2,1-3H3,(H,21,22)/t14?,17-,18+/m1/s1. The van der Waals surface area contributed by atoms with E-state index in [2.05, 4.69) is 17.4 Å². The number of ether oxygens (including phenoxy) is 2. The van der Waals surface area contributed by atoms with E-state index in [9.17, 15) is 4.79 Å². The Bertz CT molecular complexity index is 516. The van der Waals surface area contributed by atoms with Gasteiger partial charge in [-0.05, 0) is 64.2 Å². The summed E-state index contributed by atoms with van der Waals surface area (Å²) in [5.74, 6) is 0.877. The molecule has 1 aromatic rings. The number of amides is 1. The van der Waals surface area contributed by atoms with E-state index < -0.39 is 0 Å². The molecule has 5 nitrogen and oxygen atoms in total. The molecule has 5 heteroatoms. The Morgan fingerprint density at radius 3 is 2.58 bits per heavy atom. The van der Waals surface area contributed by atoms with Gasteiger partial charge >= 0.3 is 0 Å². The molecule has 3 N–H and O–H groups in total. The first-order valence-corrected chi connectivity index (χ1v) is 8.89. The van der Waals surface area contributed by atoms with E-state index in [0.29, 0.717) is 6.54 Å². The number of carbonyl (C=O) groups excluding carboxylic acids is 1. The molecule has 1 amide bonds. The predicted octanol–water partition coefficient (Wildman–Crippen LogP) is 2.42. The number of rotatable bonds is 8. The molecule has 1 aliphatic heterocycles. The fourth-order valence-corrected chi connectivity index (χ4v) is 2.87. The lowest BCUT2D eigenvalue weighted by molar-refractivity contribution is -0.132. The molecule has 134 valence electrons. The maximum atomic E-state index is 12.2. The first kappa shape index (κ1) is 18.7. The van der Waals surface area contributed by atoms with E-state index in [0.717, 1.165) is 31.4 Å². The van der Waals surface area contributed by atoms with E-state index in [4.69, 9.17) is 15.2 Å². The zero-order valence-corrected chi connectivity index (χ0v) is 15.0. The zero-order chi connectivity index (χ0) is 17.5. The normalized spacial score (nSPS) is 21.7. The molecule has 0 aliphatic carbocycles. The topological polar surface area (TPSA) is 73.6 Å². The van der Waals surface area contributed by atoms with Crippen molar-refractivity contribution in [1.29, 1.82) is 0 Å². The van der Waals surface area contributed by atoms with Crippen LogP contribution in [0.25, 0.3) is 0 Å². The maximum Gasteiger partial charge on any atom is 0.249 e. The molecule has 0 radical (unpaired) electrons. The summed E-state index contributed by atoms with van der Waals surface area (Å²) in [7, 11) is 0. The molecule has 3 atom stereocenters. The minimum atomic E-state index is -0.339. The summed E-state index contributed by atoms with van der Waals surface area (Å²) in [5, 5.41) is 3.04. The van der Waals surface area contributed by atoms with Crippen molar-refractivity contribution in [3.8, 4) is 5.75 Å². The van der Waals surface area contributed by atoms with Crippen molar-refractivity contribution in [2.75, 3.05) is 6.54 Å². The lowest BCUT2D eigenvalue weighted by Gasteiger charge is -2.18. The highest BCUT2D eigenvalue weighted by Crippen LogP contribution is 2.19. The molecular weight excluding hydrogens is 304 g/mol. The van der Waals surface area contributed by atoms with Gasteiger partial charge < -0.3 is 20.5 Å². The van der Waals surface area contributed by atoms with Crippen molar-refractivity contribution in [2.24, 2.45) is 5.73 Å². The molecule has 24 heavy (non-hydrogen) atoms. The second kappa shape index (κ2) is 9.04. The largest absolute Gasteiger partial charge is 0.491 e. The van der Waals surface area contributed by atoms with Crippen LogP contribution >= 0.6 is 0 Å². The average molecular weight is 334 g/mol. The molecule has 0 bridgehead atoms. The van der Waals surface area contributed by atoms with Crippen LogP contribution in [0.3, 0.4) is 0 Å². The Labute approximate surface area is 144 Å². The van der Waals surface area contributed by atoms with Gasteiger partial charge in [0, 0.05) is 12.6 Å². The minimum Gasteiger partial charge on any atom is -0.491 e. The molecule has 2 rings (SSSR count). The van der Waals surface area contributed by atoms with Gasteiger partial charge in [0.2, 0.25) is 5.91 Å². The van der Waals surface area contributed by atoms with Crippen molar-refractivity contribution in [2.45, 2.75) is 70.8 Å². The van der Waals surface area contributed by atoms with Crippen LogP contribution < -0.4 is 15.8 Å². The average Bonchev–Trinajstić information content (AvgIpc) is 3.03. The van der Waals surface area contributed by atoms with Crippen LogP contribution in [0.15, 0.2) is 24.3 Å². The summed E-state index contributed by atoms with van der Waals surface area (Å²) in [6.45, 7) is 6.55. The first-order chi connectivity index (χ1) is 11.5. The number of benzene rings is 1. The monoisotopic (exact) mass is 334 g/mol. The van der Waals surface area contributed by atoms with Crippen LogP contribution in [-0.2, 0) is 16.0 Å².